The van der Waals surface area contributed by atoms with E-state index in [1.165, 1.54) is 24.3 Å². The third kappa shape index (κ3) is 5.51. The Bertz CT molecular complexity index is 1250. The summed E-state index contributed by atoms with van der Waals surface area (Å²) in [7, 11) is -4.01. The number of phenolic OH excluding ortho intramolecular Hbond substituents is 1. The lowest BCUT2D eigenvalue weighted by Gasteiger charge is -2.15. The zero-order valence-electron chi connectivity index (χ0n) is 17.5. The van der Waals surface area contributed by atoms with Gasteiger partial charge in [0.1, 0.15) is 11.5 Å². The lowest BCUT2D eigenvalue weighted by Crippen LogP contribution is -2.30. The second-order valence-electron chi connectivity index (χ2n) is 7.49. The van der Waals surface area contributed by atoms with E-state index in [0.717, 1.165) is 11.1 Å². The van der Waals surface area contributed by atoms with E-state index in [9.17, 15) is 18.3 Å². The molecule has 9 heteroatoms. The van der Waals surface area contributed by atoms with Gasteiger partial charge in [-0.3, -0.25) is 4.79 Å². The van der Waals surface area contributed by atoms with Crippen molar-refractivity contribution >= 4 is 47.8 Å². The SMILES string of the molecule is Cc1ccc(S(=O)(=O)NC(=O)c2cc(Br)c(Oc3ccc(O)c(C(C)C)c3)c(Br)c2)cc1. The molecule has 0 heterocycles. The van der Waals surface area contributed by atoms with Gasteiger partial charge in [-0.1, -0.05) is 31.5 Å². The summed E-state index contributed by atoms with van der Waals surface area (Å²) in [5, 5.41) is 10.00. The molecule has 0 saturated carbocycles. The van der Waals surface area contributed by atoms with Crippen LogP contribution >= 0.6 is 31.9 Å². The topological polar surface area (TPSA) is 92.7 Å². The van der Waals surface area contributed by atoms with Crippen LogP contribution < -0.4 is 9.46 Å². The largest absolute Gasteiger partial charge is 0.508 e. The van der Waals surface area contributed by atoms with Crippen molar-refractivity contribution in [3.8, 4) is 17.2 Å². The normalized spacial score (nSPS) is 11.4. The molecule has 0 radical (unpaired) electrons. The second kappa shape index (κ2) is 9.64. The number of amides is 1. The van der Waals surface area contributed by atoms with Gasteiger partial charge in [0.15, 0.2) is 5.75 Å². The molecule has 0 aromatic heterocycles. The van der Waals surface area contributed by atoms with Crippen LogP contribution in [0.1, 0.15) is 41.3 Å². The molecule has 0 aliphatic heterocycles. The van der Waals surface area contributed by atoms with Crippen LogP contribution in [-0.4, -0.2) is 19.4 Å². The van der Waals surface area contributed by atoms with Gasteiger partial charge in [0.25, 0.3) is 15.9 Å². The maximum absolute atomic E-state index is 12.6. The minimum Gasteiger partial charge on any atom is -0.508 e. The molecule has 0 fully saturated rings. The number of benzene rings is 3. The van der Waals surface area contributed by atoms with E-state index in [1.54, 1.807) is 30.3 Å². The summed E-state index contributed by atoms with van der Waals surface area (Å²) in [6, 6.07) is 14.1. The molecule has 0 bridgehead atoms. The molecule has 3 aromatic carbocycles. The Morgan fingerprint density at radius 2 is 1.59 bits per heavy atom. The fourth-order valence-corrected chi connectivity index (χ4v) is 5.24. The number of nitrogens with one attached hydrogen (secondary N) is 1. The number of aromatic hydroxyl groups is 1. The van der Waals surface area contributed by atoms with Crippen LogP contribution in [0.4, 0.5) is 0 Å². The summed E-state index contributed by atoms with van der Waals surface area (Å²) >= 11 is 6.77. The smallest absolute Gasteiger partial charge is 0.265 e. The number of ether oxygens (including phenoxy) is 1. The number of hydrogen-bond acceptors (Lipinski definition) is 5. The molecule has 0 atom stereocenters. The number of carbonyl (C=O) groups excluding carboxylic acids is 1. The summed E-state index contributed by atoms with van der Waals surface area (Å²) in [5.74, 6) is 0.430. The first-order chi connectivity index (χ1) is 15.0. The van der Waals surface area contributed by atoms with Gasteiger partial charge in [0.05, 0.1) is 13.8 Å². The number of aryl methyl sites for hydroxylation is 1. The van der Waals surface area contributed by atoms with Crippen LogP contribution in [0.3, 0.4) is 0 Å². The standard InChI is InChI=1S/C23H21Br2NO5S/c1-13(2)18-12-16(6-9-21(18)27)31-22-19(24)10-15(11-20(22)25)23(28)26-32(29,30)17-7-4-14(3)5-8-17/h4-13,27H,1-3H3,(H,26,28). The molecule has 0 aliphatic rings. The Kier molecular flexibility index (Phi) is 7.32. The molecule has 2 N–H and O–H groups in total. The maximum Gasteiger partial charge on any atom is 0.265 e. The molecule has 0 saturated heterocycles. The molecular weight excluding hydrogens is 562 g/mol. The maximum atomic E-state index is 12.6. The van der Waals surface area contributed by atoms with Gasteiger partial charge < -0.3 is 9.84 Å². The highest BCUT2D eigenvalue weighted by molar-refractivity contribution is 9.11. The van der Waals surface area contributed by atoms with Crippen LogP contribution in [0.15, 0.2) is 68.4 Å². The quantitative estimate of drug-likeness (QED) is 0.358. The second-order valence-corrected chi connectivity index (χ2v) is 10.9. The lowest BCUT2D eigenvalue weighted by molar-refractivity contribution is 0.0981. The molecule has 3 aromatic rings. The van der Waals surface area contributed by atoms with E-state index in [-0.39, 0.29) is 22.1 Å². The average Bonchev–Trinajstić information content (AvgIpc) is 2.71. The Balaban J connectivity index is 1.85. The van der Waals surface area contributed by atoms with E-state index in [1.807, 2.05) is 20.8 Å². The molecule has 168 valence electrons. The van der Waals surface area contributed by atoms with E-state index >= 15 is 0 Å². The molecule has 3 rings (SSSR count). The van der Waals surface area contributed by atoms with Crippen LogP contribution in [0.2, 0.25) is 0 Å². The predicted molar refractivity (Wildman–Crippen MR) is 130 cm³/mol. The zero-order valence-corrected chi connectivity index (χ0v) is 21.5. The Hall–Kier alpha value is -2.36. The predicted octanol–water partition coefficient (Wildman–Crippen LogP) is 6.26. The zero-order chi connectivity index (χ0) is 23.6. The Morgan fingerprint density at radius 1 is 1.00 bits per heavy atom. The van der Waals surface area contributed by atoms with Crippen molar-refractivity contribution in [2.45, 2.75) is 31.6 Å². The highest BCUT2D eigenvalue weighted by Crippen LogP contribution is 2.39. The average molecular weight is 583 g/mol. The fraction of sp³-hybridized carbons (Fsp3) is 0.174. The lowest BCUT2D eigenvalue weighted by atomic mass is 10.0. The number of sulfonamides is 1. The minimum atomic E-state index is -4.01. The summed E-state index contributed by atoms with van der Waals surface area (Å²) in [5.41, 5.74) is 1.78. The van der Waals surface area contributed by atoms with Gasteiger partial charge in [0, 0.05) is 11.1 Å². The minimum absolute atomic E-state index is 0.00261. The van der Waals surface area contributed by atoms with Gasteiger partial charge in [-0.05, 0) is 87.2 Å². The van der Waals surface area contributed by atoms with Crippen molar-refractivity contribution in [2.24, 2.45) is 0 Å². The summed E-state index contributed by atoms with van der Waals surface area (Å²) in [6.45, 7) is 5.76. The Labute approximate surface area is 203 Å². The van der Waals surface area contributed by atoms with Crippen molar-refractivity contribution in [1.29, 1.82) is 0 Å². The highest BCUT2D eigenvalue weighted by atomic mass is 79.9. The first-order valence-corrected chi connectivity index (χ1v) is 12.7. The van der Waals surface area contributed by atoms with Crippen LogP contribution in [0.5, 0.6) is 17.2 Å². The molecule has 32 heavy (non-hydrogen) atoms. The summed E-state index contributed by atoms with van der Waals surface area (Å²) in [4.78, 5) is 12.6. The number of hydrogen-bond donors (Lipinski definition) is 2. The third-order valence-corrected chi connectivity index (χ3v) is 7.18. The highest BCUT2D eigenvalue weighted by Gasteiger charge is 2.21. The molecule has 1 amide bonds. The van der Waals surface area contributed by atoms with E-state index in [4.69, 9.17) is 4.74 Å². The van der Waals surface area contributed by atoms with Crippen molar-refractivity contribution in [1.82, 2.24) is 4.72 Å². The van der Waals surface area contributed by atoms with Crippen LogP contribution in [0.25, 0.3) is 0 Å². The molecule has 0 aliphatic carbocycles. The van der Waals surface area contributed by atoms with Gasteiger partial charge >= 0.3 is 0 Å². The number of phenols is 1. The fourth-order valence-electron chi connectivity index (χ4n) is 2.92. The van der Waals surface area contributed by atoms with E-state index < -0.39 is 15.9 Å². The van der Waals surface area contributed by atoms with Crippen molar-refractivity contribution in [2.75, 3.05) is 0 Å². The van der Waals surface area contributed by atoms with Gasteiger partial charge in [-0.25, -0.2) is 13.1 Å². The first-order valence-electron chi connectivity index (χ1n) is 9.61. The first kappa shape index (κ1) is 24.3. The Morgan fingerprint density at radius 3 is 2.16 bits per heavy atom. The monoisotopic (exact) mass is 581 g/mol. The molecule has 0 unspecified atom stereocenters. The van der Waals surface area contributed by atoms with Gasteiger partial charge in [0.2, 0.25) is 0 Å². The van der Waals surface area contributed by atoms with Gasteiger partial charge in [-0.15, -0.1) is 0 Å². The number of carbonyl (C=O) groups is 1. The summed E-state index contributed by atoms with van der Waals surface area (Å²) < 4.78 is 34.0. The van der Waals surface area contributed by atoms with Crippen LogP contribution in [-0.2, 0) is 10.0 Å². The molecule has 0 spiro atoms. The van der Waals surface area contributed by atoms with E-state index in [0.29, 0.717) is 20.4 Å². The van der Waals surface area contributed by atoms with Crippen LogP contribution in [0, 0.1) is 6.92 Å². The molecule has 6 nitrogen and oxygen atoms in total. The van der Waals surface area contributed by atoms with Crippen molar-refractivity contribution in [3.05, 3.63) is 80.2 Å². The molecular formula is C23H21Br2NO5S. The number of halogens is 2. The van der Waals surface area contributed by atoms with Gasteiger partial charge in [-0.2, -0.15) is 0 Å². The number of rotatable bonds is 6. The van der Waals surface area contributed by atoms with E-state index in [2.05, 4.69) is 36.6 Å². The third-order valence-electron chi connectivity index (χ3n) is 4.66. The van der Waals surface area contributed by atoms with Crippen molar-refractivity contribution < 1.29 is 23.1 Å². The summed E-state index contributed by atoms with van der Waals surface area (Å²) in [6.07, 6.45) is 0. The van der Waals surface area contributed by atoms with Crippen molar-refractivity contribution in [3.63, 3.8) is 0 Å².